The van der Waals surface area contributed by atoms with Crippen LogP contribution in [0.5, 0.6) is 0 Å². The van der Waals surface area contributed by atoms with Crippen molar-refractivity contribution < 1.29 is 22.0 Å². The van der Waals surface area contributed by atoms with Crippen molar-refractivity contribution >= 4 is 13.5 Å². The van der Waals surface area contributed by atoms with Crippen molar-refractivity contribution in [3.8, 4) is 0 Å². The van der Waals surface area contributed by atoms with Crippen LogP contribution in [-0.4, -0.2) is 8.32 Å². The van der Waals surface area contributed by atoms with Gasteiger partial charge in [-0.2, -0.15) is 0 Å². The monoisotopic (exact) mass is 278 g/mol. The lowest BCUT2D eigenvalue weighted by atomic mass is 10.1. The summed E-state index contributed by atoms with van der Waals surface area (Å²) in [4.78, 5) is 0. The lowest BCUT2D eigenvalue weighted by molar-refractivity contribution is 0.226. The Morgan fingerprint density at radius 1 is 0.944 bits per heavy atom. The summed E-state index contributed by atoms with van der Waals surface area (Å²) in [5, 5.41) is -0.0311. The van der Waals surface area contributed by atoms with Crippen LogP contribution in [0.25, 0.3) is 0 Å². The summed E-state index contributed by atoms with van der Waals surface area (Å²) in [6.07, 6.45) is -0.726. The first-order valence-electron chi connectivity index (χ1n) is 5.93. The molecule has 1 aromatic carbocycles. The molecule has 0 N–H and O–H groups in total. The van der Waals surface area contributed by atoms with Crippen LogP contribution in [0.2, 0.25) is 12.1 Å². The van der Waals surface area contributed by atoms with Crippen molar-refractivity contribution in [1.82, 2.24) is 0 Å². The number of hydrogen-bond donors (Lipinski definition) is 0. The zero-order chi connectivity index (χ0) is 13.7. The van der Waals surface area contributed by atoms with Gasteiger partial charge < -0.3 is 4.43 Å². The van der Waals surface area contributed by atoms with Crippen molar-refractivity contribution in [3.05, 3.63) is 28.8 Å². The van der Waals surface area contributed by atoms with Crippen molar-refractivity contribution in [2.75, 3.05) is 0 Å². The van der Waals surface area contributed by atoms with E-state index >= 15 is 0 Å². The molecule has 0 unspecified atom stereocenters. The van der Waals surface area contributed by atoms with E-state index in [-0.39, 0.29) is 10.8 Å². The summed E-state index contributed by atoms with van der Waals surface area (Å²) >= 11 is 0. The van der Waals surface area contributed by atoms with Gasteiger partial charge in [-0.3, -0.25) is 0 Å². The molecule has 0 bridgehead atoms. The second kappa shape index (κ2) is 4.34. The summed E-state index contributed by atoms with van der Waals surface area (Å²) in [5.41, 5.74) is -0.137. The maximum atomic E-state index is 14.0. The Labute approximate surface area is 104 Å². The summed E-state index contributed by atoms with van der Waals surface area (Å²) in [6, 6.07) is 1.00. The largest absolute Gasteiger partial charge is 0.406 e. The van der Waals surface area contributed by atoms with Gasteiger partial charge in [-0.25, -0.2) is 17.6 Å². The molecule has 100 valence electrons. The van der Waals surface area contributed by atoms with E-state index in [0.29, 0.717) is 12.1 Å². The van der Waals surface area contributed by atoms with E-state index < -0.39 is 37.7 Å². The van der Waals surface area contributed by atoms with Crippen LogP contribution in [0.4, 0.5) is 17.6 Å². The highest BCUT2D eigenvalue weighted by Gasteiger charge is 2.49. The lowest BCUT2D eigenvalue weighted by Gasteiger charge is -2.24. The first-order valence-corrected chi connectivity index (χ1v) is 8.26. The molecule has 0 spiro atoms. The molecule has 1 aliphatic heterocycles. The molecule has 6 heteroatoms. The van der Waals surface area contributed by atoms with Crippen LogP contribution in [0.1, 0.15) is 32.4 Å². The third-order valence-corrected chi connectivity index (χ3v) is 8.20. The van der Waals surface area contributed by atoms with Gasteiger partial charge in [0.05, 0.1) is 6.10 Å². The fraction of sp³-hybridized carbons (Fsp3) is 0.500. The lowest BCUT2D eigenvalue weighted by Crippen LogP contribution is -2.48. The van der Waals surface area contributed by atoms with Crippen LogP contribution >= 0.6 is 0 Å². The maximum Gasteiger partial charge on any atom is 0.228 e. The predicted molar refractivity (Wildman–Crippen MR) is 62.1 cm³/mol. The molecule has 18 heavy (non-hydrogen) atoms. The zero-order valence-electron chi connectivity index (χ0n) is 10.4. The molecule has 2 rings (SSSR count). The quantitative estimate of drug-likeness (QED) is 0.348. The Morgan fingerprint density at radius 2 is 1.44 bits per heavy atom. The highest BCUT2D eigenvalue weighted by atomic mass is 28.4. The molecular formula is C12H14F4OSi. The van der Waals surface area contributed by atoms with Gasteiger partial charge in [-0.05, 0) is 19.0 Å². The molecular weight excluding hydrogens is 264 g/mol. The van der Waals surface area contributed by atoms with Gasteiger partial charge >= 0.3 is 0 Å². The molecule has 0 saturated carbocycles. The van der Waals surface area contributed by atoms with Crippen molar-refractivity contribution in [2.45, 2.75) is 39.0 Å². The zero-order valence-corrected chi connectivity index (χ0v) is 11.4. The maximum absolute atomic E-state index is 14.0. The first-order chi connectivity index (χ1) is 8.39. The van der Waals surface area contributed by atoms with E-state index in [1.807, 2.05) is 0 Å². The van der Waals surface area contributed by atoms with Crippen LogP contribution < -0.4 is 5.19 Å². The van der Waals surface area contributed by atoms with E-state index in [1.54, 1.807) is 20.8 Å². The van der Waals surface area contributed by atoms with Crippen LogP contribution in [0.15, 0.2) is 0 Å². The minimum absolute atomic E-state index is 0.0311. The predicted octanol–water partition coefficient (Wildman–Crippen LogP) is 3.53. The van der Waals surface area contributed by atoms with Gasteiger partial charge in [-0.15, -0.1) is 0 Å². The van der Waals surface area contributed by atoms with Crippen molar-refractivity contribution in [3.63, 3.8) is 0 Å². The van der Waals surface area contributed by atoms with E-state index in [4.69, 9.17) is 4.43 Å². The van der Waals surface area contributed by atoms with Gasteiger partial charge in [0.15, 0.2) is 23.3 Å². The van der Waals surface area contributed by atoms with Crippen LogP contribution in [0, 0.1) is 23.3 Å². The average Bonchev–Trinajstić information content (AvgIpc) is 2.67. The van der Waals surface area contributed by atoms with Gasteiger partial charge in [0.25, 0.3) is 0 Å². The minimum atomic E-state index is -2.72. The van der Waals surface area contributed by atoms with Crippen molar-refractivity contribution in [2.24, 2.45) is 0 Å². The number of benzene rings is 1. The Kier molecular flexibility index (Phi) is 3.27. The fourth-order valence-electron chi connectivity index (χ4n) is 2.70. The smallest absolute Gasteiger partial charge is 0.228 e. The molecule has 0 radical (unpaired) electrons. The highest BCUT2D eigenvalue weighted by molar-refractivity contribution is 6.87. The van der Waals surface area contributed by atoms with Gasteiger partial charge in [-0.1, -0.05) is 13.8 Å². The van der Waals surface area contributed by atoms with E-state index in [2.05, 4.69) is 0 Å². The molecule has 1 heterocycles. The normalized spacial score (nSPS) is 21.2. The Bertz CT molecular complexity index is 500. The van der Waals surface area contributed by atoms with E-state index in [1.165, 1.54) is 0 Å². The number of rotatable bonds is 2. The molecule has 1 aromatic rings. The first kappa shape index (κ1) is 13.5. The third kappa shape index (κ3) is 1.55. The second-order valence-electron chi connectivity index (χ2n) is 4.51. The Balaban J connectivity index is 2.83. The minimum Gasteiger partial charge on any atom is -0.406 e. The fourth-order valence-corrected chi connectivity index (χ4v) is 6.47. The summed E-state index contributed by atoms with van der Waals surface area (Å²) in [6.45, 7) is 5.14. The van der Waals surface area contributed by atoms with Gasteiger partial charge in [0, 0.05) is 10.8 Å². The van der Waals surface area contributed by atoms with Crippen LogP contribution in [0.3, 0.4) is 0 Å². The molecule has 0 saturated heterocycles. The summed E-state index contributed by atoms with van der Waals surface area (Å²) in [7, 11) is -2.72. The number of hydrogen-bond acceptors (Lipinski definition) is 1. The van der Waals surface area contributed by atoms with E-state index in [0.717, 1.165) is 0 Å². The van der Waals surface area contributed by atoms with Gasteiger partial charge in [0.2, 0.25) is 8.32 Å². The average molecular weight is 278 g/mol. The number of fused-ring (bicyclic) bond motifs is 1. The van der Waals surface area contributed by atoms with Gasteiger partial charge in [0.1, 0.15) is 0 Å². The summed E-state index contributed by atoms with van der Waals surface area (Å²) in [5.74, 6) is -6.07. The molecule has 0 aliphatic carbocycles. The third-order valence-electron chi connectivity index (χ3n) is 3.71. The molecule has 1 nitrogen and oxygen atoms in total. The Hall–Kier alpha value is -0.883. The topological polar surface area (TPSA) is 9.23 Å². The SMILES string of the molecule is CC[Si]1(CC)O[C@@H](C)c2c(F)c(F)c(F)c(F)c21. The number of halogens is 4. The molecule has 1 aliphatic rings. The molecule has 0 amide bonds. The Morgan fingerprint density at radius 3 is 1.94 bits per heavy atom. The standard InChI is InChI=1S/C12H14F4OSi/c1-4-18(5-2)12-7(6(3)17-18)8(13)9(14)10(15)11(12)16/h6H,4-5H2,1-3H3/t6-/m0/s1. The second-order valence-corrected chi connectivity index (χ2v) is 8.64. The highest BCUT2D eigenvalue weighted by Crippen LogP contribution is 2.38. The van der Waals surface area contributed by atoms with E-state index in [9.17, 15) is 17.6 Å². The molecule has 0 aromatic heterocycles. The summed E-state index contributed by atoms with van der Waals surface area (Å²) < 4.78 is 60.1. The molecule has 0 fully saturated rings. The van der Waals surface area contributed by atoms with Crippen LogP contribution in [-0.2, 0) is 4.43 Å². The van der Waals surface area contributed by atoms with Crippen molar-refractivity contribution in [1.29, 1.82) is 0 Å². The molecule has 1 atom stereocenters.